The molecule has 1 amide bonds. The number of hydrogen-bond donors (Lipinski definition) is 0. The molecule has 5 rings (SSSR count). The minimum atomic E-state index is -0.559. The SMILES string of the molecule is Cc1cccc2c1C1(CC2)C(=O)N(C)c2cc3nccnc3cc21. The zero-order valence-corrected chi connectivity index (χ0v) is 13.7. The lowest BCUT2D eigenvalue weighted by Crippen LogP contribution is -2.38. The van der Waals surface area contributed by atoms with E-state index < -0.39 is 5.41 Å². The summed E-state index contributed by atoms with van der Waals surface area (Å²) in [6.07, 6.45) is 5.16. The van der Waals surface area contributed by atoms with Gasteiger partial charge in [-0.25, -0.2) is 0 Å². The van der Waals surface area contributed by atoms with Gasteiger partial charge in [-0.2, -0.15) is 0 Å². The molecule has 1 atom stereocenters. The van der Waals surface area contributed by atoms with Gasteiger partial charge >= 0.3 is 0 Å². The van der Waals surface area contributed by atoms with Crippen LogP contribution >= 0.6 is 0 Å². The van der Waals surface area contributed by atoms with Gasteiger partial charge in [0.25, 0.3) is 0 Å². The molecule has 0 radical (unpaired) electrons. The number of carbonyl (C=O) groups is 1. The number of rotatable bonds is 0. The number of carbonyl (C=O) groups excluding carboxylic acids is 1. The van der Waals surface area contributed by atoms with Gasteiger partial charge in [-0.3, -0.25) is 14.8 Å². The first-order valence-corrected chi connectivity index (χ1v) is 8.25. The molecule has 1 unspecified atom stereocenters. The molecular weight excluding hydrogens is 298 g/mol. The van der Waals surface area contributed by atoms with Gasteiger partial charge in [0.05, 0.1) is 16.7 Å². The Bertz CT molecular complexity index is 1030. The summed E-state index contributed by atoms with van der Waals surface area (Å²) in [7, 11) is 1.87. The van der Waals surface area contributed by atoms with E-state index >= 15 is 0 Å². The quantitative estimate of drug-likeness (QED) is 0.640. The standard InChI is InChI=1S/C20H17N3O/c1-12-4-3-5-13-6-7-20(18(12)13)14-10-15-16(22-9-8-21-15)11-17(14)23(2)19(20)24/h3-5,8-11H,6-7H2,1-2H3. The van der Waals surface area contributed by atoms with Crippen molar-refractivity contribution in [1.82, 2.24) is 9.97 Å². The molecule has 1 spiro atoms. The van der Waals surface area contributed by atoms with E-state index in [1.807, 2.05) is 13.1 Å². The van der Waals surface area contributed by atoms with Crippen molar-refractivity contribution in [2.75, 3.05) is 11.9 Å². The van der Waals surface area contributed by atoms with Crippen LogP contribution in [0.4, 0.5) is 5.69 Å². The first-order chi connectivity index (χ1) is 11.6. The predicted octanol–water partition coefficient (Wildman–Crippen LogP) is 3.15. The van der Waals surface area contributed by atoms with E-state index in [-0.39, 0.29) is 5.91 Å². The van der Waals surface area contributed by atoms with Crippen LogP contribution < -0.4 is 4.90 Å². The number of anilines is 1. The average molecular weight is 315 g/mol. The number of amides is 1. The molecule has 1 aromatic heterocycles. The van der Waals surface area contributed by atoms with E-state index in [0.717, 1.165) is 35.1 Å². The van der Waals surface area contributed by atoms with Crippen molar-refractivity contribution in [2.24, 2.45) is 0 Å². The van der Waals surface area contributed by atoms with Gasteiger partial charge < -0.3 is 4.90 Å². The van der Waals surface area contributed by atoms with Crippen LogP contribution in [0.5, 0.6) is 0 Å². The van der Waals surface area contributed by atoms with Crippen molar-refractivity contribution >= 4 is 22.6 Å². The third kappa shape index (κ3) is 1.46. The minimum absolute atomic E-state index is 0.167. The van der Waals surface area contributed by atoms with Crippen LogP contribution in [0.25, 0.3) is 11.0 Å². The molecule has 0 saturated carbocycles. The molecule has 0 bridgehead atoms. The van der Waals surface area contributed by atoms with E-state index in [4.69, 9.17) is 0 Å². The number of benzene rings is 2. The number of nitrogens with zero attached hydrogens (tertiary/aromatic N) is 3. The maximum absolute atomic E-state index is 13.4. The second-order valence-electron chi connectivity index (χ2n) is 6.79. The van der Waals surface area contributed by atoms with Crippen LogP contribution in [0, 0.1) is 6.92 Å². The monoisotopic (exact) mass is 315 g/mol. The Balaban J connectivity index is 1.89. The molecule has 4 heteroatoms. The molecule has 1 aliphatic carbocycles. The summed E-state index contributed by atoms with van der Waals surface area (Å²) in [5, 5.41) is 0. The fraction of sp³-hybridized carbons (Fsp3) is 0.250. The smallest absolute Gasteiger partial charge is 0.241 e. The number of aromatic nitrogens is 2. The molecule has 118 valence electrons. The second kappa shape index (κ2) is 4.41. The van der Waals surface area contributed by atoms with Crippen molar-refractivity contribution in [3.05, 3.63) is 65.0 Å². The Kier molecular flexibility index (Phi) is 2.51. The summed E-state index contributed by atoms with van der Waals surface area (Å²) in [6, 6.07) is 10.4. The summed E-state index contributed by atoms with van der Waals surface area (Å²) in [4.78, 5) is 24.0. The number of likely N-dealkylation sites (N-methyl/N-ethyl adjacent to an activating group) is 1. The molecule has 2 aromatic carbocycles. The molecule has 0 N–H and O–H groups in total. The summed E-state index contributed by atoms with van der Waals surface area (Å²) >= 11 is 0. The Labute approximate surface area is 140 Å². The Hall–Kier alpha value is -2.75. The zero-order valence-electron chi connectivity index (χ0n) is 13.7. The van der Waals surface area contributed by atoms with Crippen molar-refractivity contribution in [3.63, 3.8) is 0 Å². The van der Waals surface area contributed by atoms with Crippen LogP contribution in [-0.4, -0.2) is 22.9 Å². The molecule has 4 nitrogen and oxygen atoms in total. The lowest BCUT2D eigenvalue weighted by molar-refractivity contribution is -0.121. The van der Waals surface area contributed by atoms with Gasteiger partial charge in [0.2, 0.25) is 5.91 Å². The van der Waals surface area contributed by atoms with Gasteiger partial charge in [0.15, 0.2) is 0 Å². The van der Waals surface area contributed by atoms with E-state index in [1.54, 1.807) is 17.3 Å². The van der Waals surface area contributed by atoms with Crippen molar-refractivity contribution in [1.29, 1.82) is 0 Å². The molecule has 24 heavy (non-hydrogen) atoms. The van der Waals surface area contributed by atoms with Crippen LogP contribution in [0.2, 0.25) is 0 Å². The van der Waals surface area contributed by atoms with E-state index in [9.17, 15) is 4.79 Å². The number of hydrogen-bond acceptors (Lipinski definition) is 3. The lowest BCUT2D eigenvalue weighted by Gasteiger charge is -2.25. The summed E-state index contributed by atoms with van der Waals surface area (Å²) in [5.41, 5.74) is 6.85. The van der Waals surface area contributed by atoms with Crippen molar-refractivity contribution in [2.45, 2.75) is 25.2 Å². The molecule has 1 aliphatic heterocycles. The molecule has 0 fully saturated rings. The number of fused-ring (bicyclic) bond motifs is 5. The van der Waals surface area contributed by atoms with E-state index in [1.165, 1.54) is 16.7 Å². The number of aryl methyl sites for hydroxylation is 2. The van der Waals surface area contributed by atoms with Crippen molar-refractivity contribution < 1.29 is 4.79 Å². The first-order valence-electron chi connectivity index (χ1n) is 8.25. The highest BCUT2D eigenvalue weighted by Gasteiger charge is 2.54. The second-order valence-corrected chi connectivity index (χ2v) is 6.79. The fourth-order valence-electron chi connectivity index (χ4n) is 4.61. The van der Waals surface area contributed by atoms with Gasteiger partial charge in [0.1, 0.15) is 5.41 Å². The van der Waals surface area contributed by atoms with Gasteiger partial charge in [-0.05, 0) is 54.2 Å². The Morgan fingerprint density at radius 1 is 1.12 bits per heavy atom. The van der Waals surface area contributed by atoms with Crippen LogP contribution in [0.1, 0.15) is 28.7 Å². The maximum Gasteiger partial charge on any atom is 0.241 e. The normalized spacial score (nSPS) is 21.6. The molecule has 2 heterocycles. The van der Waals surface area contributed by atoms with Crippen molar-refractivity contribution in [3.8, 4) is 0 Å². The Morgan fingerprint density at radius 3 is 2.67 bits per heavy atom. The third-order valence-corrected chi connectivity index (χ3v) is 5.63. The predicted molar refractivity (Wildman–Crippen MR) is 93.2 cm³/mol. The highest BCUT2D eigenvalue weighted by molar-refractivity contribution is 6.12. The van der Waals surface area contributed by atoms with E-state index in [0.29, 0.717) is 0 Å². The Morgan fingerprint density at radius 2 is 1.88 bits per heavy atom. The molecule has 2 aliphatic rings. The molecule has 0 saturated heterocycles. The average Bonchev–Trinajstić information content (AvgIpc) is 3.09. The minimum Gasteiger partial charge on any atom is -0.314 e. The molecular formula is C20H17N3O. The summed E-state index contributed by atoms with van der Waals surface area (Å²) in [6.45, 7) is 2.11. The van der Waals surface area contributed by atoms with Gasteiger partial charge in [-0.1, -0.05) is 18.2 Å². The maximum atomic E-state index is 13.4. The topological polar surface area (TPSA) is 46.1 Å². The summed E-state index contributed by atoms with van der Waals surface area (Å²) in [5.74, 6) is 0.167. The zero-order chi connectivity index (χ0) is 16.5. The van der Waals surface area contributed by atoms with Crippen LogP contribution in [0.3, 0.4) is 0 Å². The lowest BCUT2D eigenvalue weighted by atomic mass is 9.75. The van der Waals surface area contributed by atoms with Crippen LogP contribution in [0.15, 0.2) is 42.7 Å². The summed E-state index contributed by atoms with van der Waals surface area (Å²) < 4.78 is 0. The van der Waals surface area contributed by atoms with Crippen LogP contribution in [-0.2, 0) is 16.6 Å². The molecule has 3 aromatic rings. The van der Waals surface area contributed by atoms with E-state index in [2.05, 4.69) is 41.2 Å². The first kappa shape index (κ1) is 13.7. The van der Waals surface area contributed by atoms with Gasteiger partial charge in [-0.15, -0.1) is 0 Å². The highest BCUT2D eigenvalue weighted by Crippen LogP contribution is 2.54. The third-order valence-electron chi connectivity index (χ3n) is 5.63. The largest absolute Gasteiger partial charge is 0.314 e. The highest BCUT2D eigenvalue weighted by atomic mass is 16.2. The van der Waals surface area contributed by atoms with Gasteiger partial charge in [0, 0.05) is 19.4 Å². The fourth-order valence-corrected chi connectivity index (χ4v) is 4.61.